The summed E-state index contributed by atoms with van der Waals surface area (Å²) in [5, 5.41) is 17.3. The summed E-state index contributed by atoms with van der Waals surface area (Å²) < 4.78 is 7.83. The normalized spacial score (nSPS) is 20.6. The van der Waals surface area contributed by atoms with Crippen LogP contribution in [0.15, 0.2) is 73.7 Å². The molecule has 2 amide bonds. The predicted octanol–water partition coefficient (Wildman–Crippen LogP) is 7.58. The van der Waals surface area contributed by atoms with Gasteiger partial charge in [-0.05, 0) is 105 Å². The van der Waals surface area contributed by atoms with Crippen molar-refractivity contribution in [2.75, 3.05) is 65.2 Å². The minimum absolute atomic E-state index is 0.136. The second-order valence-corrected chi connectivity index (χ2v) is 19.5. The molecule has 3 atom stereocenters. The number of ether oxygens (including phenoxy) is 1. The molecule has 0 spiro atoms. The fourth-order valence-electron chi connectivity index (χ4n) is 10.7. The number of methoxy groups -OCH3 is 1. The van der Waals surface area contributed by atoms with Crippen molar-refractivity contribution >= 4 is 46.2 Å². The number of hydrogen-bond donors (Lipinski definition) is 3. The van der Waals surface area contributed by atoms with E-state index in [0.717, 1.165) is 63.2 Å². The zero-order valence-electron chi connectivity index (χ0n) is 39.3. The molecule has 4 aromatic heterocycles. The smallest absolute Gasteiger partial charge is 0.276 e. The molecule has 2 saturated heterocycles. The van der Waals surface area contributed by atoms with Gasteiger partial charge in [-0.15, -0.1) is 0 Å². The molecule has 2 fully saturated rings. The number of aliphatic hydroxyl groups excluding tert-OH is 1. The Kier molecular flexibility index (Phi) is 12.3. The fourth-order valence-corrected chi connectivity index (χ4v) is 10.7. The van der Waals surface area contributed by atoms with Gasteiger partial charge in [-0.1, -0.05) is 34.3 Å². The highest BCUT2D eigenvalue weighted by Crippen LogP contribution is 2.41. The summed E-state index contributed by atoms with van der Waals surface area (Å²) in [5.41, 5.74) is 9.37. The number of nitrogens with one attached hydrogen (secondary N) is 2. The second-order valence-electron chi connectivity index (χ2n) is 19.5. The summed E-state index contributed by atoms with van der Waals surface area (Å²) in [7, 11) is 1.53. The molecule has 1 aromatic carbocycles. The van der Waals surface area contributed by atoms with Gasteiger partial charge < -0.3 is 34.8 Å². The average Bonchev–Trinajstić information content (AvgIpc) is 3.81. The first-order chi connectivity index (χ1) is 31.7. The van der Waals surface area contributed by atoms with Crippen LogP contribution in [0, 0.1) is 5.41 Å². The summed E-state index contributed by atoms with van der Waals surface area (Å²) >= 11 is 0. The van der Waals surface area contributed by atoms with Crippen LogP contribution < -0.4 is 30.1 Å². The summed E-state index contributed by atoms with van der Waals surface area (Å²) in [4.78, 5) is 55.0. The summed E-state index contributed by atoms with van der Waals surface area (Å²) in [6.07, 6.45) is 10.6. The Labute approximate surface area is 387 Å². The second kappa shape index (κ2) is 18.2. The Hall–Kier alpha value is -6.32. The number of rotatable bonds is 12. The maximum Gasteiger partial charge on any atom is 0.276 e. The third kappa shape index (κ3) is 8.61. The third-order valence-corrected chi connectivity index (χ3v) is 14.0. The van der Waals surface area contributed by atoms with E-state index in [1.54, 1.807) is 23.4 Å². The lowest BCUT2D eigenvalue weighted by atomic mass is 9.90. The Bertz CT molecular complexity index is 2640. The number of aliphatic hydroxyl groups is 1. The molecule has 9 rings (SSSR count). The van der Waals surface area contributed by atoms with Gasteiger partial charge in [-0.3, -0.25) is 24.4 Å². The van der Waals surface area contributed by atoms with Crippen LogP contribution in [0.4, 0.5) is 34.4 Å². The van der Waals surface area contributed by atoms with E-state index in [-0.39, 0.29) is 35.8 Å². The van der Waals surface area contributed by atoms with Gasteiger partial charge >= 0.3 is 0 Å². The summed E-state index contributed by atoms with van der Waals surface area (Å²) in [5.74, 6) is 0.952. The Morgan fingerprint density at radius 2 is 1.82 bits per heavy atom. The number of aromatic nitrogens is 5. The van der Waals surface area contributed by atoms with Crippen LogP contribution in [0.1, 0.15) is 93.3 Å². The highest BCUT2D eigenvalue weighted by Gasteiger charge is 2.38. The molecule has 1 unspecified atom stereocenters. The van der Waals surface area contributed by atoms with Crippen LogP contribution >= 0.6 is 0 Å². The van der Waals surface area contributed by atoms with Crippen LogP contribution in [0.2, 0.25) is 0 Å². The molecular weight excluding hydrogens is 831 g/mol. The molecule has 4 aliphatic rings. The minimum atomic E-state index is -0.366. The first-order valence-corrected chi connectivity index (χ1v) is 23.4. The van der Waals surface area contributed by atoms with Gasteiger partial charge in [0.25, 0.3) is 11.8 Å². The van der Waals surface area contributed by atoms with Crippen molar-refractivity contribution in [1.29, 1.82) is 0 Å². The number of piperidine rings is 1. The maximum absolute atomic E-state index is 14.0. The van der Waals surface area contributed by atoms with Gasteiger partial charge in [0.1, 0.15) is 11.5 Å². The predicted molar refractivity (Wildman–Crippen MR) is 260 cm³/mol. The van der Waals surface area contributed by atoms with Gasteiger partial charge in [0.15, 0.2) is 5.82 Å². The number of pyridine rings is 2. The van der Waals surface area contributed by atoms with E-state index >= 15 is 0 Å². The average molecular weight is 894 g/mol. The molecule has 15 heteroatoms. The molecule has 0 bridgehead atoms. The van der Waals surface area contributed by atoms with Gasteiger partial charge in [0.2, 0.25) is 5.91 Å². The summed E-state index contributed by atoms with van der Waals surface area (Å²) in [6.45, 7) is 21.5. The number of anilines is 6. The van der Waals surface area contributed by atoms with Crippen LogP contribution in [0.25, 0.3) is 11.3 Å². The highest BCUT2D eigenvalue weighted by atomic mass is 16.5. The SMILES string of the molecule is C=CC(=O)Nc1cc(Nc2nc(-c3ccnc(N4CCn5c(cc6c5CC(C)(C)C6)C4=O)c3CO)cnc2OC)ccc1N1CCN(C2CCN(c3ccc(C(C)C)nc3)[C@@H](C)C2)C[C@@H]1C. The molecule has 346 valence electrons. The van der Waals surface area contributed by atoms with E-state index < -0.39 is 0 Å². The summed E-state index contributed by atoms with van der Waals surface area (Å²) in [6, 6.07) is 15.1. The standard InChI is InChI=1S/C51H63N11O4/c1-9-46(64)56-41-24-35(10-13-43(41)60-19-18-58(29-33(60)5)36-15-17-59(32(4)22-36)37-11-12-40(31(2)3)53-27-37)55-47-49(66-8)54-28-42(57-47)38-14-16-52-48(39(38)30-63)62-21-20-61-44(50(62)65)23-34-25-51(6,7)26-45(34)61/h9-14,16,23-24,27-28,31-33,36,63H,1,15,17-22,25-26,29-30H2,2-8H3,(H,55,57)(H,56,64)/t32-,33-,36?/m0/s1. The Balaban J connectivity index is 0.920. The maximum atomic E-state index is 14.0. The van der Waals surface area contributed by atoms with Crippen molar-refractivity contribution in [1.82, 2.24) is 29.4 Å². The van der Waals surface area contributed by atoms with Gasteiger partial charge in [-0.25, -0.2) is 15.0 Å². The Morgan fingerprint density at radius 1 is 0.985 bits per heavy atom. The van der Waals surface area contributed by atoms with Crippen molar-refractivity contribution < 1.29 is 19.4 Å². The minimum Gasteiger partial charge on any atom is -0.478 e. The number of amides is 2. The van der Waals surface area contributed by atoms with Crippen LogP contribution in [-0.2, 0) is 30.8 Å². The van der Waals surface area contributed by atoms with Crippen molar-refractivity contribution in [3.63, 3.8) is 0 Å². The van der Waals surface area contributed by atoms with Gasteiger partial charge in [0.05, 0.1) is 48.9 Å². The molecule has 0 radical (unpaired) electrons. The zero-order valence-corrected chi connectivity index (χ0v) is 39.3. The van der Waals surface area contributed by atoms with E-state index in [1.807, 2.05) is 30.5 Å². The van der Waals surface area contributed by atoms with Gasteiger partial charge in [-0.2, -0.15) is 0 Å². The number of fused-ring (bicyclic) bond motifs is 3. The quantitative estimate of drug-likeness (QED) is 0.106. The first-order valence-electron chi connectivity index (χ1n) is 23.4. The zero-order chi connectivity index (χ0) is 46.4. The highest BCUT2D eigenvalue weighted by molar-refractivity contribution is 6.06. The molecule has 66 heavy (non-hydrogen) atoms. The number of nitrogens with zero attached hydrogens (tertiary/aromatic N) is 9. The monoisotopic (exact) mass is 894 g/mol. The molecule has 3 aliphatic heterocycles. The number of carbonyl (C=O) groups excluding carboxylic acids is 2. The van der Waals surface area contributed by atoms with Crippen molar-refractivity contribution in [2.24, 2.45) is 5.41 Å². The Morgan fingerprint density at radius 3 is 2.53 bits per heavy atom. The third-order valence-electron chi connectivity index (χ3n) is 14.0. The van der Waals surface area contributed by atoms with Crippen LogP contribution in [0.3, 0.4) is 0 Å². The van der Waals surface area contributed by atoms with E-state index in [4.69, 9.17) is 14.7 Å². The number of benzene rings is 1. The van der Waals surface area contributed by atoms with E-state index in [9.17, 15) is 14.7 Å². The molecule has 7 heterocycles. The molecule has 3 N–H and O–H groups in total. The van der Waals surface area contributed by atoms with E-state index in [1.165, 1.54) is 30.1 Å². The van der Waals surface area contributed by atoms with Crippen LogP contribution in [0.5, 0.6) is 5.88 Å². The van der Waals surface area contributed by atoms with Crippen molar-refractivity contribution in [3.8, 4) is 17.1 Å². The molecule has 15 nitrogen and oxygen atoms in total. The lowest BCUT2D eigenvalue weighted by Gasteiger charge is -2.48. The van der Waals surface area contributed by atoms with E-state index in [0.29, 0.717) is 76.6 Å². The number of carbonyl (C=O) groups is 2. The van der Waals surface area contributed by atoms with Crippen molar-refractivity contribution in [2.45, 2.75) is 104 Å². The van der Waals surface area contributed by atoms with Crippen molar-refractivity contribution in [3.05, 3.63) is 102 Å². The molecular formula is C51H63N11O4. The first kappa shape index (κ1) is 44.9. The number of piperazine rings is 1. The van der Waals surface area contributed by atoms with E-state index in [2.05, 4.69) is 100 Å². The number of hydrogen-bond acceptors (Lipinski definition) is 12. The largest absolute Gasteiger partial charge is 0.478 e. The lowest BCUT2D eigenvalue weighted by Crippen LogP contribution is -2.58. The lowest BCUT2D eigenvalue weighted by molar-refractivity contribution is -0.111. The fraction of sp³-hybridized carbons (Fsp3) is 0.451. The molecule has 1 aliphatic carbocycles. The topological polar surface area (TPSA) is 157 Å². The molecule has 5 aromatic rings. The van der Waals surface area contributed by atoms with Gasteiger partial charge in [0, 0.05) is 91.8 Å². The van der Waals surface area contributed by atoms with Crippen LogP contribution in [-0.4, -0.2) is 104 Å². The molecule has 0 saturated carbocycles.